The normalized spacial score (nSPS) is 10.5. The molecule has 2 rings (SSSR count). The molecule has 0 fully saturated rings. The Labute approximate surface area is 142 Å². The minimum absolute atomic E-state index is 0.0128. The molecule has 4 heteroatoms. The van der Waals surface area contributed by atoms with Gasteiger partial charge in [-0.15, -0.1) is 11.8 Å². The standard InChI is InChI=1S/C19H23NO2S/c1-12-9-13(2)15(4)19(14(12)3)23-11-18(21)20-16-7-6-8-17(10-16)22-5/h6-10H,11H2,1-5H3,(H,20,21). The minimum atomic E-state index is -0.0128. The van der Waals surface area contributed by atoms with Crippen LogP contribution in [0.4, 0.5) is 5.69 Å². The Kier molecular flexibility index (Phi) is 5.72. The third-order valence-corrected chi connectivity index (χ3v) is 5.31. The number of carbonyl (C=O) groups excluding carboxylic acids is 1. The van der Waals surface area contributed by atoms with Crippen LogP contribution in [0.25, 0.3) is 0 Å². The molecule has 0 aliphatic heterocycles. The largest absolute Gasteiger partial charge is 0.497 e. The highest BCUT2D eigenvalue weighted by molar-refractivity contribution is 8.00. The molecule has 0 atom stereocenters. The van der Waals surface area contributed by atoms with Gasteiger partial charge >= 0.3 is 0 Å². The Morgan fingerprint density at radius 1 is 1.09 bits per heavy atom. The number of carbonyl (C=O) groups is 1. The van der Waals surface area contributed by atoms with Crippen molar-refractivity contribution in [2.75, 3.05) is 18.2 Å². The number of anilines is 1. The molecule has 0 aliphatic rings. The molecule has 0 saturated carbocycles. The highest BCUT2D eigenvalue weighted by atomic mass is 32.2. The SMILES string of the molecule is COc1cccc(NC(=O)CSc2c(C)c(C)cc(C)c2C)c1. The van der Waals surface area contributed by atoms with Crippen molar-refractivity contribution < 1.29 is 9.53 Å². The zero-order valence-electron chi connectivity index (χ0n) is 14.3. The molecule has 23 heavy (non-hydrogen) atoms. The number of benzene rings is 2. The molecule has 0 spiro atoms. The summed E-state index contributed by atoms with van der Waals surface area (Å²) in [5.74, 6) is 1.11. The van der Waals surface area contributed by atoms with E-state index in [2.05, 4.69) is 39.1 Å². The smallest absolute Gasteiger partial charge is 0.234 e. The number of rotatable bonds is 5. The summed E-state index contributed by atoms with van der Waals surface area (Å²) in [6, 6.07) is 9.59. The fraction of sp³-hybridized carbons (Fsp3) is 0.316. The maximum Gasteiger partial charge on any atom is 0.234 e. The second kappa shape index (κ2) is 7.55. The van der Waals surface area contributed by atoms with Gasteiger partial charge in [0, 0.05) is 16.6 Å². The van der Waals surface area contributed by atoms with Crippen LogP contribution in [0.3, 0.4) is 0 Å². The summed E-state index contributed by atoms with van der Waals surface area (Å²) in [4.78, 5) is 13.4. The van der Waals surface area contributed by atoms with E-state index in [1.54, 1.807) is 18.9 Å². The number of hydrogen-bond donors (Lipinski definition) is 1. The average molecular weight is 329 g/mol. The van der Waals surface area contributed by atoms with Crippen LogP contribution in [0, 0.1) is 27.7 Å². The number of hydrogen-bond acceptors (Lipinski definition) is 3. The fourth-order valence-corrected chi connectivity index (χ4v) is 3.54. The van der Waals surface area contributed by atoms with Crippen molar-refractivity contribution in [2.45, 2.75) is 32.6 Å². The van der Waals surface area contributed by atoms with Crippen molar-refractivity contribution in [3.05, 3.63) is 52.6 Å². The molecule has 0 bridgehead atoms. The molecule has 0 unspecified atom stereocenters. The summed E-state index contributed by atoms with van der Waals surface area (Å²) >= 11 is 1.60. The van der Waals surface area contributed by atoms with Gasteiger partial charge in [0.1, 0.15) is 5.75 Å². The molecule has 0 aliphatic carbocycles. The number of aryl methyl sites for hydroxylation is 2. The first-order valence-corrected chi connectivity index (χ1v) is 8.55. The second-order valence-electron chi connectivity index (χ2n) is 5.66. The lowest BCUT2D eigenvalue weighted by molar-refractivity contribution is -0.113. The molecule has 0 saturated heterocycles. The van der Waals surface area contributed by atoms with Gasteiger partial charge < -0.3 is 10.1 Å². The number of thioether (sulfide) groups is 1. The van der Waals surface area contributed by atoms with E-state index in [0.717, 1.165) is 11.4 Å². The van der Waals surface area contributed by atoms with Crippen LogP contribution < -0.4 is 10.1 Å². The number of nitrogens with one attached hydrogen (secondary N) is 1. The first-order valence-electron chi connectivity index (χ1n) is 7.56. The zero-order valence-corrected chi connectivity index (χ0v) is 15.1. The first-order chi connectivity index (χ1) is 10.9. The van der Waals surface area contributed by atoms with Crippen molar-refractivity contribution in [3.63, 3.8) is 0 Å². The van der Waals surface area contributed by atoms with Crippen LogP contribution in [-0.2, 0) is 4.79 Å². The number of ether oxygens (including phenoxy) is 1. The molecule has 3 nitrogen and oxygen atoms in total. The Bertz CT molecular complexity index is 699. The topological polar surface area (TPSA) is 38.3 Å². The lowest BCUT2D eigenvalue weighted by Gasteiger charge is -2.14. The Balaban J connectivity index is 2.05. The molecule has 122 valence electrons. The highest BCUT2D eigenvalue weighted by Gasteiger charge is 2.11. The zero-order chi connectivity index (χ0) is 17.0. The number of methoxy groups -OCH3 is 1. The van der Waals surface area contributed by atoms with Crippen LogP contribution in [0.1, 0.15) is 22.3 Å². The molecule has 1 N–H and O–H groups in total. The van der Waals surface area contributed by atoms with Gasteiger partial charge in [-0.1, -0.05) is 12.1 Å². The number of amides is 1. The summed E-state index contributed by atoms with van der Waals surface area (Å²) in [5, 5.41) is 2.92. The maximum atomic E-state index is 12.2. The molecule has 1 amide bonds. The summed E-state index contributed by atoms with van der Waals surface area (Å²) in [7, 11) is 1.61. The summed E-state index contributed by atoms with van der Waals surface area (Å²) in [5.41, 5.74) is 5.80. The predicted molar refractivity (Wildman–Crippen MR) is 97.7 cm³/mol. The Hall–Kier alpha value is -1.94. The van der Waals surface area contributed by atoms with Crippen molar-refractivity contribution in [1.29, 1.82) is 0 Å². The van der Waals surface area contributed by atoms with Crippen molar-refractivity contribution in [3.8, 4) is 5.75 Å². The van der Waals surface area contributed by atoms with E-state index >= 15 is 0 Å². The summed E-state index contributed by atoms with van der Waals surface area (Å²) in [6.45, 7) is 8.46. The predicted octanol–water partition coefficient (Wildman–Crippen LogP) is 4.66. The van der Waals surface area contributed by atoms with E-state index in [-0.39, 0.29) is 5.91 Å². The Morgan fingerprint density at radius 2 is 1.74 bits per heavy atom. The van der Waals surface area contributed by atoms with Crippen LogP contribution >= 0.6 is 11.8 Å². The van der Waals surface area contributed by atoms with E-state index in [9.17, 15) is 4.79 Å². The van der Waals surface area contributed by atoms with E-state index in [4.69, 9.17) is 4.74 Å². The minimum Gasteiger partial charge on any atom is -0.497 e. The van der Waals surface area contributed by atoms with Gasteiger partial charge in [-0.05, 0) is 62.1 Å². The van der Waals surface area contributed by atoms with Crippen LogP contribution in [0.2, 0.25) is 0 Å². The van der Waals surface area contributed by atoms with Gasteiger partial charge in [0.15, 0.2) is 0 Å². The van der Waals surface area contributed by atoms with Crippen LogP contribution in [0.5, 0.6) is 5.75 Å². The van der Waals surface area contributed by atoms with Gasteiger partial charge in [0.2, 0.25) is 5.91 Å². The Morgan fingerprint density at radius 3 is 2.35 bits per heavy atom. The lowest BCUT2D eigenvalue weighted by atomic mass is 10.0. The van der Waals surface area contributed by atoms with Crippen molar-refractivity contribution >= 4 is 23.4 Å². The van der Waals surface area contributed by atoms with E-state index < -0.39 is 0 Å². The quantitative estimate of drug-likeness (QED) is 0.811. The van der Waals surface area contributed by atoms with Crippen molar-refractivity contribution in [2.24, 2.45) is 0 Å². The molecular formula is C19H23NO2S. The third kappa shape index (κ3) is 4.29. The molecular weight excluding hydrogens is 306 g/mol. The van der Waals surface area contributed by atoms with Gasteiger partial charge in [0.25, 0.3) is 0 Å². The molecule has 0 aromatic heterocycles. The summed E-state index contributed by atoms with van der Waals surface area (Å²) in [6.07, 6.45) is 0. The average Bonchev–Trinajstić information content (AvgIpc) is 2.53. The van der Waals surface area contributed by atoms with Gasteiger partial charge in [-0.2, -0.15) is 0 Å². The van der Waals surface area contributed by atoms with E-state index in [1.807, 2.05) is 24.3 Å². The fourth-order valence-electron chi connectivity index (χ4n) is 2.43. The second-order valence-corrected chi connectivity index (χ2v) is 6.64. The van der Waals surface area contributed by atoms with E-state index in [0.29, 0.717) is 5.75 Å². The van der Waals surface area contributed by atoms with Crippen molar-refractivity contribution in [1.82, 2.24) is 0 Å². The van der Waals surface area contributed by atoms with Crippen LogP contribution in [0.15, 0.2) is 35.2 Å². The molecule has 0 heterocycles. The maximum absolute atomic E-state index is 12.2. The highest BCUT2D eigenvalue weighted by Crippen LogP contribution is 2.31. The molecule has 0 radical (unpaired) electrons. The first kappa shape index (κ1) is 17.4. The summed E-state index contributed by atoms with van der Waals surface area (Å²) < 4.78 is 5.17. The molecule has 2 aromatic rings. The van der Waals surface area contributed by atoms with Crippen LogP contribution in [-0.4, -0.2) is 18.8 Å². The monoisotopic (exact) mass is 329 g/mol. The van der Waals surface area contributed by atoms with Gasteiger partial charge in [-0.3, -0.25) is 4.79 Å². The molecule has 2 aromatic carbocycles. The van der Waals surface area contributed by atoms with E-state index in [1.165, 1.54) is 27.1 Å². The van der Waals surface area contributed by atoms with Gasteiger partial charge in [0.05, 0.1) is 12.9 Å². The lowest BCUT2D eigenvalue weighted by Crippen LogP contribution is -2.14. The third-order valence-electron chi connectivity index (χ3n) is 4.00. The van der Waals surface area contributed by atoms with Gasteiger partial charge in [-0.25, -0.2) is 0 Å².